The van der Waals surface area contributed by atoms with E-state index in [2.05, 4.69) is 10.2 Å². The predicted molar refractivity (Wildman–Crippen MR) is 94.4 cm³/mol. The summed E-state index contributed by atoms with van der Waals surface area (Å²) in [5.74, 6) is 2.89. The molecule has 0 saturated carbocycles. The number of carbonyl (C=O) groups is 1. The largest absolute Gasteiger partial charge is 0.464 e. The van der Waals surface area contributed by atoms with Gasteiger partial charge in [0, 0.05) is 32.8 Å². The highest BCUT2D eigenvalue weighted by atomic mass is 16.5. The fraction of sp³-hybridized carbons (Fsp3) is 0.737. The van der Waals surface area contributed by atoms with Gasteiger partial charge in [-0.3, -0.25) is 4.90 Å². The molecule has 0 radical (unpaired) electrons. The molecule has 1 aromatic heterocycles. The lowest BCUT2D eigenvalue weighted by atomic mass is 9.90. The van der Waals surface area contributed by atoms with Crippen molar-refractivity contribution in [2.45, 2.75) is 38.3 Å². The van der Waals surface area contributed by atoms with Gasteiger partial charge in [0.25, 0.3) is 0 Å². The topological polar surface area (TPSA) is 58.0 Å². The zero-order valence-corrected chi connectivity index (χ0v) is 15.2. The number of methoxy groups -OCH3 is 1. The number of amides is 2. The molecule has 25 heavy (non-hydrogen) atoms. The summed E-state index contributed by atoms with van der Waals surface area (Å²) < 4.78 is 11.0. The van der Waals surface area contributed by atoms with Crippen LogP contribution in [0, 0.1) is 18.8 Å². The fourth-order valence-electron chi connectivity index (χ4n) is 4.96. The molecule has 1 N–H and O–H groups in total. The molecule has 4 rings (SSSR count). The highest BCUT2D eigenvalue weighted by Crippen LogP contribution is 2.40. The quantitative estimate of drug-likeness (QED) is 0.909. The van der Waals surface area contributed by atoms with Gasteiger partial charge in [-0.2, -0.15) is 0 Å². The molecule has 0 spiro atoms. The molecule has 138 valence electrons. The summed E-state index contributed by atoms with van der Waals surface area (Å²) in [6.07, 6.45) is 3.97. The number of carbonyl (C=O) groups excluding carboxylic acids is 1. The molecule has 1 aromatic rings. The van der Waals surface area contributed by atoms with Gasteiger partial charge in [0.05, 0.1) is 6.61 Å². The summed E-state index contributed by atoms with van der Waals surface area (Å²) in [6, 6.07) is 4.30. The smallest absolute Gasteiger partial charge is 0.318 e. The third-order valence-electron chi connectivity index (χ3n) is 6.14. The molecule has 3 saturated heterocycles. The summed E-state index contributed by atoms with van der Waals surface area (Å²) in [7, 11) is 1.65. The van der Waals surface area contributed by atoms with Crippen LogP contribution in [0.1, 0.15) is 36.8 Å². The lowest BCUT2D eigenvalue weighted by Gasteiger charge is -2.33. The number of likely N-dealkylation sites (tertiary alicyclic amines) is 1. The van der Waals surface area contributed by atoms with Crippen LogP contribution in [0.25, 0.3) is 0 Å². The molecule has 0 aliphatic carbocycles. The highest BCUT2D eigenvalue weighted by molar-refractivity contribution is 5.75. The molecule has 4 atom stereocenters. The fourth-order valence-corrected chi connectivity index (χ4v) is 4.96. The third-order valence-corrected chi connectivity index (χ3v) is 6.14. The maximum atomic E-state index is 12.8. The minimum absolute atomic E-state index is 0.00728. The minimum atomic E-state index is -0.238. The van der Waals surface area contributed by atoms with Gasteiger partial charge in [0.1, 0.15) is 17.6 Å². The van der Waals surface area contributed by atoms with Crippen molar-refractivity contribution < 1.29 is 13.9 Å². The molecule has 4 unspecified atom stereocenters. The van der Waals surface area contributed by atoms with Crippen molar-refractivity contribution in [3.8, 4) is 0 Å². The number of hydrogen-bond acceptors (Lipinski definition) is 4. The van der Waals surface area contributed by atoms with Crippen LogP contribution in [0.15, 0.2) is 16.5 Å². The molecular weight excluding hydrogens is 318 g/mol. The van der Waals surface area contributed by atoms with Crippen molar-refractivity contribution >= 4 is 6.03 Å². The number of aryl methyl sites for hydroxylation is 1. The second kappa shape index (κ2) is 7.00. The van der Waals surface area contributed by atoms with Gasteiger partial charge < -0.3 is 19.4 Å². The Hall–Kier alpha value is -1.53. The van der Waals surface area contributed by atoms with E-state index in [4.69, 9.17) is 9.15 Å². The Morgan fingerprint density at radius 3 is 3.00 bits per heavy atom. The standard InChI is InChI=1S/C19H29N3O3/c1-13-6-7-18(25-13)16(12-24-2)20-19(23)22-10-14-9-21-8-4-3-5-17(21)15(14)11-22/h6-7,14-17H,3-5,8-12H2,1-2H3,(H,20,23). The Bertz CT molecular complexity index is 617. The molecule has 3 aliphatic rings. The average Bonchev–Trinajstić information content (AvgIpc) is 3.28. The predicted octanol–water partition coefficient (Wildman–Crippen LogP) is 2.40. The first-order chi connectivity index (χ1) is 12.2. The number of nitrogens with one attached hydrogen (secondary N) is 1. The van der Waals surface area contributed by atoms with E-state index in [1.165, 1.54) is 25.8 Å². The Morgan fingerprint density at radius 2 is 2.24 bits per heavy atom. The molecule has 6 heteroatoms. The van der Waals surface area contributed by atoms with Crippen LogP contribution in [0.3, 0.4) is 0 Å². The van der Waals surface area contributed by atoms with Crippen LogP contribution in [0.4, 0.5) is 4.79 Å². The number of urea groups is 1. The van der Waals surface area contributed by atoms with Gasteiger partial charge in [-0.05, 0) is 50.3 Å². The number of fused-ring (bicyclic) bond motifs is 3. The lowest BCUT2D eigenvalue weighted by molar-refractivity contribution is 0.139. The van der Waals surface area contributed by atoms with Gasteiger partial charge in [-0.1, -0.05) is 6.42 Å². The third kappa shape index (κ3) is 3.29. The minimum Gasteiger partial charge on any atom is -0.464 e. The Morgan fingerprint density at radius 1 is 1.36 bits per heavy atom. The van der Waals surface area contributed by atoms with Crippen molar-refractivity contribution in [3.05, 3.63) is 23.7 Å². The number of nitrogens with zero attached hydrogens (tertiary/aromatic N) is 2. The number of ether oxygens (including phenoxy) is 1. The van der Waals surface area contributed by atoms with Crippen LogP contribution >= 0.6 is 0 Å². The number of rotatable bonds is 4. The normalized spacial score (nSPS) is 30.2. The van der Waals surface area contributed by atoms with Crippen LogP contribution in [-0.4, -0.2) is 61.8 Å². The Kier molecular flexibility index (Phi) is 4.73. The zero-order chi connectivity index (χ0) is 17.4. The van der Waals surface area contributed by atoms with Crippen molar-refractivity contribution in [2.24, 2.45) is 11.8 Å². The summed E-state index contributed by atoms with van der Waals surface area (Å²) in [5.41, 5.74) is 0. The first-order valence-corrected chi connectivity index (χ1v) is 9.50. The van der Waals surface area contributed by atoms with Gasteiger partial charge in [-0.25, -0.2) is 4.79 Å². The molecule has 6 nitrogen and oxygen atoms in total. The molecule has 0 aromatic carbocycles. The van der Waals surface area contributed by atoms with Crippen LogP contribution in [0.2, 0.25) is 0 Å². The van der Waals surface area contributed by atoms with Crippen LogP contribution in [0.5, 0.6) is 0 Å². The highest BCUT2D eigenvalue weighted by Gasteiger charge is 2.48. The van der Waals surface area contributed by atoms with Crippen molar-refractivity contribution in [1.82, 2.24) is 15.1 Å². The number of piperidine rings is 1. The van der Waals surface area contributed by atoms with E-state index in [0.29, 0.717) is 24.5 Å². The van der Waals surface area contributed by atoms with E-state index in [-0.39, 0.29) is 12.1 Å². The van der Waals surface area contributed by atoms with Crippen molar-refractivity contribution in [3.63, 3.8) is 0 Å². The van der Waals surface area contributed by atoms with E-state index >= 15 is 0 Å². The van der Waals surface area contributed by atoms with Crippen LogP contribution in [-0.2, 0) is 4.74 Å². The van der Waals surface area contributed by atoms with E-state index < -0.39 is 0 Å². The molecule has 3 aliphatic heterocycles. The summed E-state index contributed by atoms with van der Waals surface area (Å²) in [5, 5.41) is 3.11. The van der Waals surface area contributed by atoms with Gasteiger partial charge >= 0.3 is 6.03 Å². The first-order valence-electron chi connectivity index (χ1n) is 9.50. The van der Waals surface area contributed by atoms with E-state index in [9.17, 15) is 4.79 Å². The SMILES string of the molecule is COCC(NC(=O)N1CC2CN3CCCCC3C2C1)c1ccc(C)o1. The van der Waals surface area contributed by atoms with Gasteiger partial charge in [0.2, 0.25) is 0 Å². The summed E-state index contributed by atoms with van der Waals surface area (Å²) >= 11 is 0. The average molecular weight is 347 g/mol. The zero-order valence-electron chi connectivity index (χ0n) is 15.2. The molecular formula is C19H29N3O3. The van der Waals surface area contributed by atoms with E-state index in [1.807, 2.05) is 24.0 Å². The first kappa shape index (κ1) is 16.9. The Labute approximate surface area is 149 Å². The summed E-state index contributed by atoms with van der Waals surface area (Å²) in [4.78, 5) is 17.5. The molecule has 3 fully saturated rings. The van der Waals surface area contributed by atoms with Crippen molar-refractivity contribution in [1.29, 1.82) is 0 Å². The lowest BCUT2D eigenvalue weighted by Crippen LogP contribution is -2.45. The number of hydrogen-bond donors (Lipinski definition) is 1. The summed E-state index contributed by atoms with van der Waals surface area (Å²) in [6.45, 7) is 6.49. The molecule has 4 heterocycles. The maximum absolute atomic E-state index is 12.8. The monoisotopic (exact) mass is 347 g/mol. The van der Waals surface area contributed by atoms with Gasteiger partial charge in [-0.15, -0.1) is 0 Å². The Balaban J connectivity index is 1.38. The van der Waals surface area contributed by atoms with Crippen LogP contribution < -0.4 is 5.32 Å². The van der Waals surface area contributed by atoms with Gasteiger partial charge in [0.15, 0.2) is 0 Å². The second-order valence-corrected chi connectivity index (χ2v) is 7.79. The van der Waals surface area contributed by atoms with Crippen molar-refractivity contribution in [2.75, 3.05) is 39.9 Å². The number of furan rings is 1. The second-order valence-electron chi connectivity index (χ2n) is 7.79. The molecule has 0 bridgehead atoms. The van der Waals surface area contributed by atoms with E-state index in [0.717, 1.165) is 31.2 Å². The molecule has 2 amide bonds. The maximum Gasteiger partial charge on any atom is 0.318 e. The van der Waals surface area contributed by atoms with E-state index in [1.54, 1.807) is 7.11 Å².